The molecule has 29 heavy (non-hydrogen) atoms. The van der Waals surface area contributed by atoms with Gasteiger partial charge in [0.05, 0.1) is 7.11 Å². The summed E-state index contributed by atoms with van der Waals surface area (Å²) in [5.41, 5.74) is -0.00257. The second-order valence-corrected chi connectivity index (χ2v) is 8.05. The molecule has 0 amide bonds. The standard InChI is InChI=1S/C19H23FN2O6S/c1-5-22(6-2)29(25,26)14-10-16(21(3)11-14)19(24)28-12-17(23)13-7-8-18(27-4)15(20)9-13/h7-11H,5-6,12H2,1-4H3. The Morgan fingerprint density at radius 1 is 1.17 bits per heavy atom. The average Bonchev–Trinajstić information content (AvgIpc) is 3.09. The SMILES string of the molecule is CCN(CC)S(=O)(=O)c1cc(C(=O)OCC(=O)c2ccc(OC)c(F)c2)n(C)c1. The van der Waals surface area contributed by atoms with Gasteiger partial charge >= 0.3 is 5.97 Å². The molecule has 0 unspecified atom stereocenters. The van der Waals surface area contributed by atoms with Crippen LogP contribution in [0, 0.1) is 5.82 Å². The minimum absolute atomic E-state index is 0.00991. The Balaban J connectivity index is 2.13. The number of benzene rings is 1. The molecular weight excluding hydrogens is 403 g/mol. The number of methoxy groups -OCH3 is 1. The van der Waals surface area contributed by atoms with Crippen LogP contribution in [0.25, 0.3) is 0 Å². The number of rotatable bonds is 9. The number of ketones is 1. The van der Waals surface area contributed by atoms with Gasteiger partial charge in [-0.3, -0.25) is 4.79 Å². The minimum Gasteiger partial charge on any atom is -0.494 e. The first-order valence-electron chi connectivity index (χ1n) is 8.86. The van der Waals surface area contributed by atoms with Crippen molar-refractivity contribution in [3.05, 3.63) is 47.5 Å². The van der Waals surface area contributed by atoms with Gasteiger partial charge in [-0.05, 0) is 24.3 Å². The van der Waals surface area contributed by atoms with Crippen molar-refractivity contribution in [1.29, 1.82) is 0 Å². The molecule has 0 aliphatic rings. The third-order valence-corrected chi connectivity index (χ3v) is 6.36. The number of carbonyl (C=O) groups excluding carboxylic acids is 2. The Labute approximate surface area is 168 Å². The maximum Gasteiger partial charge on any atom is 0.355 e. The highest BCUT2D eigenvalue weighted by molar-refractivity contribution is 7.89. The Kier molecular flexibility index (Phi) is 7.15. The van der Waals surface area contributed by atoms with Gasteiger partial charge in [0, 0.05) is 31.9 Å². The van der Waals surface area contributed by atoms with E-state index in [1.54, 1.807) is 13.8 Å². The van der Waals surface area contributed by atoms with Gasteiger partial charge in [-0.25, -0.2) is 17.6 Å². The molecule has 0 fully saturated rings. The van der Waals surface area contributed by atoms with Gasteiger partial charge in [0.2, 0.25) is 10.0 Å². The highest BCUT2D eigenvalue weighted by Crippen LogP contribution is 2.20. The Morgan fingerprint density at radius 2 is 1.83 bits per heavy atom. The molecule has 0 saturated heterocycles. The van der Waals surface area contributed by atoms with Crippen molar-refractivity contribution >= 4 is 21.8 Å². The molecule has 0 aliphatic heterocycles. The number of nitrogens with zero attached hydrogens (tertiary/aromatic N) is 2. The molecule has 0 saturated carbocycles. The average molecular weight is 426 g/mol. The van der Waals surface area contributed by atoms with E-state index in [2.05, 4.69) is 0 Å². The molecule has 1 aromatic heterocycles. The van der Waals surface area contributed by atoms with E-state index in [4.69, 9.17) is 9.47 Å². The van der Waals surface area contributed by atoms with Crippen LogP contribution in [0.3, 0.4) is 0 Å². The number of carbonyl (C=O) groups is 2. The Bertz CT molecular complexity index is 1010. The number of aromatic nitrogens is 1. The zero-order valence-electron chi connectivity index (χ0n) is 16.6. The molecule has 2 rings (SSSR count). The van der Waals surface area contributed by atoms with Crippen LogP contribution in [0.1, 0.15) is 34.7 Å². The summed E-state index contributed by atoms with van der Waals surface area (Å²) in [5, 5.41) is 0. The van der Waals surface area contributed by atoms with Crippen molar-refractivity contribution in [2.24, 2.45) is 7.05 Å². The van der Waals surface area contributed by atoms with Crippen LogP contribution >= 0.6 is 0 Å². The lowest BCUT2D eigenvalue weighted by atomic mass is 10.1. The normalized spacial score (nSPS) is 11.5. The first-order chi connectivity index (χ1) is 13.6. The van der Waals surface area contributed by atoms with E-state index in [-0.39, 0.29) is 21.9 Å². The van der Waals surface area contributed by atoms with E-state index >= 15 is 0 Å². The summed E-state index contributed by atoms with van der Waals surface area (Å²) in [7, 11) is -0.937. The molecule has 0 bridgehead atoms. The summed E-state index contributed by atoms with van der Waals surface area (Å²) >= 11 is 0. The molecule has 0 atom stereocenters. The highest BCUT2D eigenvalue weighted by atomic mass is 32.2. The molecule has 0 radical (unpaired) electrons. The van der Waals surface area contributed by atoms with Crippen LogP contribution in [-0.4, -0.2) is 55.8 Å². The fourth-order valence-electron chi connectivity index (χ4n) is 2.72. The summed E-state index contributed by atoms with van der Waals surface area (Å²) in [6.45, 7) is 3.40. The molecule has 1 heterocycles. The van der Waals surface area contributed by atoms with Crippen molar-refractivity contribution in [3.8, 4) is 5.75 Å². The molecule has 0 aliphatic carbocycles. The predicted octanol–water partition coefficient (Wildman–Crippen LogP) is 2.24. The number of ether oxygens (including phenoxy) is 2. The molecular formula is C19H23FN2O6S. The number of halogens is 1. The first-order valence-corrected chi connectivity index (χ1v) is 10.3. The van der Waals surface area contributed by atoms with Crippen LogP contribution < -0.4 is 4.74 Å². The van der Waals surface area contributed by atoms with Gasteiger partial charge in [-0.15, -0.1) is 0 Å². The fraction of sp³-hybridized carbons (Fsp3) is 0.368. The van der Waals surface area contributed by atoms with Gasteiger partial charge in [-0.2, -0.15) is 4.31 Å². The lowest BCUT2D eigenvalue weighted by Crippen LogP contribution is -2.30. The lowest BCUT2D eigenvalue weighted by Gasteiger charge is -2.17. The van der Waals surface area contributed by atoms with E-state index in [9.17, 15) is 22.4 Å². The van der Waals surface area contributed by atoms with Gasteiger partial charge in [0.25, 0.3) is 0 Å². The number of sulfonamides is 1. The van der Waals surface area contributed by atoms with Crippen LogP contribution in [0.5, 0.6) is 5.75 Å². The summed E-state index contributed by atoms with van der Waals surface area (Å²) in [5.74, 6) is -2.19. The van der Waals surface area contributed by atoms with E-state index in [1.807, 2.05) is 0 Å². The smallest absolute Gasteiger partial charge is 0.355 e. The van der Waals surface area contributed by atoms with Crippen LogP contribution in [-0.2, 0) is 21.8 Å². The third-order valence-electron chi connectivity index (χ3n) is 4.34. The maximum absolute atomic E-state index is 13.7. The zero-order valence-corrected chi connectivity index (χ0v) is 17.5. The number of esters is 1. The monoisotopic (exact) mass is 426 g/mol. The quantitative estimate of drug-likeness (QED) is 0.451. The summed E-state index contributed by atoms with van der Waals surface area (Å²) in [6, 6.07) is 4.85. The van der Waals surface area contributed by atoms with E-state index in [0.717, 1.165) is 6.07 Å². The molecule has 0 N–H and O–H groups in total. The van der Waals surface area contributed by atoms with Crippen molar-refractivity contribution in [2.75, 3.05) is 26.8 Å². The summed E-state index contributed by atoms with van der Waals surface area (Å²) < 4.78 is 51.2. The number of hydrogen-bond donors (Lipinski definition) is 0. The highest BCUT2D eigenvalue weighted by Gasteiger charge is 2.26. The molecule has 158 valence electrons. The van der Waals surface area contributed by atoms with Gasteiger partial charge in [-0.1, -0.05) is 13.8 Å². The Morgan fingerprint density at radius 3 is 2.38 bits per heavy atom. The van der Waals surface area contributed by atoms with Crippen LogP contribution in [0.2, 0.25) is 0 Å². The zero-order chi connectivity index (χ0) is 21.8. The second kappa shape index (κ2) is 9.19. The maximum atomic E-state index is 13.7. The molecule has 0 spiro atoms. The number of Topliss-reactive ketones (excluding diaryl/α,β-unsaturated/α-hetero) is 1. The van der Waals surface area contributed by atoms with E-state index in [0.29, 0.717) is 13.1 Å². The molecule has 2 aromatic rings. The van der Waals surface area contributed by atoms with E-state index < -0.39 is 34.2 Å². The molecule has 8 nitrogen and oxygen atoms in total. The third kappa shape index (κ3) is 4.83. The largest absolute Gasteiger partial charge is 0.494 e. The Hall–Kier alpha value is -2.72. The van der Waals surface area contributed by atoms with Crippen molar-refractivity contribution < 1.29 is 31.9 Å². The van der Waals surface area contributed by atoms with Crippen LogP contribution in [0.15, 0.2) is 35.4 Å². The number of hydrogen-bond acceptors (Lipinski definition) is 6. The second-order valence-electron chi connectivity index (χ2n) is 6.11. The van der Waals surface area contributed by atoms with Crippen LogP contribution in [0.4, 0.5) is 4.39 Å². The first kappa shape index (κ1) is 22.6. The van der Waals surface area contributed by atoms with Gasteiger partial charge in [0.15, 0.2) is 24.0 Å². The summed E-state index contributed by atoms with van der Waals surface area (Å²) in [4.78, 5) is 24.4. The predicted molar refractivity (Wildman–Crippen MR) is 103 cm³/mol. The molecule has 1 aromatic carbocycles. The van der Waals surface area contributed by atoms with Gasteiger partial charge in [0.1, 0.15) is 10.6 Å². The lowest BCUT2D eigenvalue weighted by molar-refractivity contribution is 0.0465. The van der Waals surface area contributed by atoms with E-state index in [1.165, 1.54) is 47.4 Å². The van der Waals surface area contributed by atoms with Gasteiger partial charge < -0.3 is 14.0 Å². The number of aryl methyl sites for hydroxylation is 1. The van der Waals surface area contributed by atoms with Crippen molar-refractivity contribution in [3.63, 3.8) is 0 Å². The van der Waals surface area contributed by atoms with Crippen molar-refractivity contribution in [2.45, 2.75) is 18.7 Å². The molecule has 10 heteroatoms. The topological polar surface area (TPSA) is 94.9 Å². The summed E-state index contributed by atoms with van der Waals surface area (Å²) in [6.07, 6.45) is 1.31. The fourth-order valence-corrected chi connectivity index (χ4v) is 4.25. The minimum atomic E-state index is -3.74. The van der Waals surface area contributed by atoms with Crippen molar-refractivity contribution in [1.82, 2.24) is 8.87 Å².